The number of rotatable bonds is 5. The van der Waals surface area contributed by atoms with Crippen molar-refractivity contribution in [1.29, 1.82) is 0 Å². The molecule has 1 aromatic rings. The zero-order chi connectivity index (χ0) is 13.1. The molecule has 0 saturated carbocycles. The van der Waals surface area contributed by atoms with Gasteiger partial charge in [-0.3, -0.25) is 4.79 Å². The molecule has 0 aromatic heterocycles. The number of ether oxygens (including phenoxy) is 1. The van der Waals surface area contributed by atoms with Crippen LogP contribution in [0.25, 0.3) is 0 Å². The van der Waals surface area contributed by atoms with Crippen molar-refractivity contribution in [2.45, 2.75) is 25.8 Å². The van der Waals surface area contributed by atoms with Crippen molar-refractivity contribution in [1.82, 2.24) is 0 Å². The van der Waals surface area contributed by atoms with Crippen LogP contribution in [0.3, 0.4) is 0 Å². The van der Waals surface area contributed by atoms with E-state index < -0.39 is 11.4 Å². The molecule has 1 amide bonds. The fraction of sp³-hybridized carbons (Fsp3) is 0.417. The van der Waals surface area contributed by atoms with E-state index in [4.69, 9.17) is 27.8 Å². The highest BCUT2D eigenvalue weighted by Gasteiger charge is 2.17. The third-order valence-electron chi connectivity index (χ3n) is 2.58. The minimum atomic E-state index is -0.518. The van der Waals surface area contributed by atoms with Gasteiger partial charge in [-0.2, -0.15) is 0 Å². The Morgan fingerprint density at radius 3 is 2.65 bits per heavy atom. The van der Waals surface area contributed by atoms with Gasteiger partial charge >= 0.3 is 0 Å². The molecular formula is C12H17ClN2O2. The van der Waals surface area contributed by atoms with Crippen molar-refractivity contribution in [3.05, 3.63) is 28.8 Å². The number of primary amides is 1. The molecule has 0 spiro atoms. The second-order valence-electron chi connectivity index (χ2n) is 4.31. The van der Waals surface area contributed by atoms with Gasteiger partial charge in [-0.25, -0.2) is 0 Å². The number of hydrogen-bond donors (Lipinski definition) is 2. The van der Waals surface area contributed by atoms with E-state index >= 15 is 0 Å². The number of nitrogens with two attached hydrogens (primary N) is 2. The molecule has 4 nitrogen and oxygen atoms in total. The lowest BCUT2D eigenvalue weighted by atomic mass is 10.0. The molecule has 4 N–H and O–H groups in total. The van der Waals surface area contributed by atoms with Crippen LogP contribution in [0, 0.1) is 0 Å². The Kier molecular flexibility index (Phi) is 4.37. The lowest BCUT2D eigenvalue weighted by Crippen LogP contribution is -2.41. The van der Waals surface area contributed by atoms with Crippen LogP contribution in [0.4, 0.5) is 0 Å². The van der Waals surface area contributed by atoms with Crippen molar-refractivity contribution < 1.29 is 9.53 Å². The molecule has 0 aliphatic carbocycles. The van der Waals surface area contributed by atoms with Crippen LogP contribution >= 0.6 is 11.6 Å². The smallest absolute Gasteiger partial charge is 0.248 e. The average molecular weight is 257 g/mol. The Morgan fingerprint density at radius 2 is 2.18 bits per heavy atom. The highest BCUT2D eigenvalue weighted by atomic mass is 35.5. The summed E-state index contributed by atoms with van der Waals surface area (Å²) in [5.41, 5.74) is 11.0. The number of amides is 1. The van der Waals surface area contributed by atoms with Crippen LogP contribution in [0.1, 0.15) is 30.6 Å². The number of carbonyl (C=O) groups excluding carboxylic acids is 1. The van der Waals surface area contributed by atoms with E-state index in [0.717, 1.165) is 6.42 Å². The largest absolute Gasteiger partial charge is 0.490 e. The quantitative estimate of drug-likeness (QED) is 0.845. The van der Waals surface area contributed by atoms with Crippen molar-refractivity contribution in [3.8, 4) is 5.75 Å². The zero-order valence-corrected chi connectivity index (χ0v) is 10.8. The lowest BCUT2D eigenvalue weighted by Gasteiger charge is -2.23. The van der Waals surface area contributed by atoms with Gasteiger partial charge in [0.1, 0.15) is 12.4 Å². The first kappa shape index (κ1) is 13.8. The minimum absolute atomic E-state index is 0.355. The summed E-state index contributed by atoms with van der Waals surface area (Å²) in [5, 5.41) is 0.355. The Balaban J connectivity index is 2.77. The molecule has 0 radical (unpaired) electrons. The molecule has 1 rings (SSSR count). The zero-order valence-electron chi connectivity index (χ0n) is 10.00. The average Bonchev–Trinajstić information content (AvgIpc) is 2.27. The van der Waals surface area contributed by atoms with Crippen molar-refractivity contribution in [3.63, 3.8) is 0 Å². The second kappa shape index (κ2) is 5.38. The highest BCUT2D eigenvalue weighted by molar-refractivity contribution is 6.32. The molecule has 17 heavy (non-hydrogen) atoms. The molecule has 0 aliphatic heterocycles. The fourth-order valence-electron chi connectivity index (χ4n) is 1.12. The van der Waals surface area contributed by atoms with E-state index in [1.54, 1.807) is 12.1 Å². The Morgan fingerprint density at radius 1 is 1.53 bits per heavy atom. The van der Waals surface area contributed by atoms with Crippen LogP contribution in [-0.4, -0.2) is 18.1 Å². The van der Waals surface area contributed by atoms with Gasteiger partial charge in [0, 0.05) is 11.1 Å². The Hall–Kier alpha value is -1.26. The summed E-state index contributed by atoms with van der Waals surface area (Å²) < 4.78 is 5.52. The molecule has 1 unspecified atom stereocenters. The first-order valence-corrected chi connectivity index (χ1v) is 5.74. The molecule has 0 bridgehead atoms. The van der Waals surface area contributed by atoms with E-state index in [2.05, 4.69) is 0 Å². The number of carbonyl (C=O) groups is 1. The van der Waals surface area contributed by atoms with Crippen LogP contribution in [0.15, 0.2) is 18.2 Å². The van der Waals surface area contributed by atoms with Gasteiger partial charge in [-0.05, 0) is 31.5 Å². The highest BCUT2D eigenvalue weighted by Crippen LogP contribution is 2.26. The number of benzene rings is 1. The maximum absolute atomic E-state index is 10.9. The molecule has 0 fully saturated rings. The SMILES string of the molecule is CCC(C)(N)COc1ccc(C(N)=O)cc1Cl. The molecule has 5 heteroatoms. The van der Waals surface area contributed by atoms with Gasteiger partial charge in [0.25, 0.3) is 0 Å². The fourth-order valence-corrected chi connectivity index (χ4v) is 1.35. The van der Waals surface area contributed by atoms with E-state index in [9.17, 15) is 4.79 Å². The van der Waals surface area contributed by atoms with Crippen LogP contribution in [0.5, 0.6) is 5.75 Å². The number of halogens is 1. The molecule has 0 aliphatic rings. The number of hydrogen-bond acceptors (Lipinski definition) is 3. The van der Waals surface area contributed by atoms with E-state index in [0.29, 0.717) is 22.9 Å². The molecule has 0 saturated heterocycles. The van der Waals surface area contributed by atoms with Crippen LogP contribution in [-0.2, 0) is 0 Å². The summed E-state index contributed by atoms with van der Waals surface area (Å²) in [6.45, 7) is 4.25. The van der Waals surface area contributed by atoms with Gasteiger partial charge < -0.3 is 16.2 Å². The van der Waals surface area contributed by atoms with Gasteiger partial charge in [0.15, 0.2) is 0 Å². The topological polar surface area (TPSA) is 78.3 Å². The molecular weight excluding hydrogens is 240 g/mol. The maximum Gasteiger partial charge on any atom is 0.248 e. The van der Waals surface area contributed by atoms with E-state index in [1.807, 2.05) is 13.8 Å². The Labute approximate surface area is 106 Å². The summed E-state index contributed by atoms with van der Waals surface area (Å²) in [5.74, 6) is -0.0162. The first-order valence-electron chi connectivity index (χ1n) is 5.37. The Bertz CT molecular complexity index is 419. The van der Waals surface area contributed by atoms with Gasteiger partial charge in [0.05, 0.1) is 5.02 Å². The summed E-state index contributed by atoms with van der Waals surface area (Å²) in [6.07, 6.45) is 0.796. The van der Waals surface area contributed by atoms with Crippen molar-refractivity contribution in [2.24, 2.45) is 11.5 Å². The third-order valence-corrected chi connectivity index (χ3v) is 2.88. The molecule has 1 atom stereocenters. The van der Waals surface area contributed by atoms with Crippen molar-refractivity contribution >= 4 is 17.5 Å². The normalized spacial score (nSPS) is 14.1. The van der Waals surface area contributed by atoms with E-state index in [1.165, 1.54) is 6.07 Å². The van der Waals surface area contributed by atoms with Crippen molar-refractivity contribution in [2.75, 3.05) is 6.61 Å². The van der Waals surface area contributed by atoms with E-state index in [-0.39, 0.29) is 0 Å². The third kappa shape index (κ3) is 3.91. The monoisotopic (exact) mass is 256 g/mol. The molecule has 0 heterocycles. The maximum atomic E-state index is 10.9. The predicted molar refractivity (Wildman–Crippen MR) is 68.3 cm³/mol. The predicted octanol–water partition coefficient (Wildman–Crippen LogP) is 1.95. The summed E-state index contributed by atoms with van der Waals surface area (Å²) in [7, 11) is 0. The summed E-state index contributed by atoms with van der Waals surface area (Å²) in [6, 6.07) is 4.68. The first-order chi connectivity index (χ1) is 7.85. The second-order valence-corrected chi connectivity index (χ2v) is 4.71. The lowest BCUT2D eigenvalue weighted by molar-refractivity contribution is 0.1000. The minimum Gasteiger partial charge on any atom is -0.490 e. The molecule has 1 aromatic carbocycles. The van der Waals surface area contributed by atoms with Crippen LogP contribution < -0.4 is 16.2 Å². The summed E-state index contributed by atoms with van der Waals surface area (Å²) >= 11 is 5.97. The molecule has 94 valence electrons. The summed E-state index contributed by atoms with van der Waals surface area (Å²) in [4.78, 5) is 10.9. The van der Waals surface area contributed by atoms with Crippen LogP contribution in [0.2, 0.25) is 5.02 Å². The van der Waals surface area contributed by atoms with Gasteiger partial charge in [-0.1, -0.05) is 18.5 Å². The van der Waals surface area contributed by atoms with Gasteiger partial charge in [0.2, 0.25) is 5.91 Å². The van der Waals surface area contributed by atoms with Gasteiger partial charge in [-0.15, -0.1) is 0 Å². The standard InChI is InChI=1S/C12H17ClN2O2/c1-3-12(2,15)7-17-10-5-4-8(11(14)16)6-9(10)13/h4-6H,3,7,15H2,1-2H3,(H2,14,16).